The van der Waals surface area contributed by atoms with Gasteiger partial charge in [-0.2, -0.15) is 4.31 Å². The van der Waals surface area contributed by atoms with Gasteiger partial charge in [-0.05, 0) is 30.3 Å². The molecule has 2 aromatic rings. The lowest BCUT2D eigenvalue weighted by atomic mass is 9.94. The molecular weight excluding hydrogens is 356 g/mol. The molecule has 0 radical (unpaired) electrons. The minimum Gasteiger partial charge on any atom is -0.367 e. The van der Waals surface area contributed by atoms with E-state index in [1.807, 2.05) is 0 Å². The third-order valence-corrected chi connectivity index (χ3v) is 6.26. The summed E-state index contributed by atoms with van der Waals surface area (Å²) in [6.45, 7) is 1.61. The van der Waals surface area contributed by atoms with Crippen molar-refractivity contribution in [3.05, 3.63) is 68.7 Å². The van der Waals surface area contributed by atoms with Gasteiger partial charge >= 0.3 is 0 Å². The molecule has 1 heterocycles. The fourth-order valence-corrected chi connectivity index (χ4v) is 4.96. The maximum Gasteiger partial charge on any atom is 0.269 e. The molecule has 1 aliphatic rings. The van der Waals surface area contributed by atoms with E-state index in [1.165, 1.54) is 42.5 Å². The zero-order valence-corrected chi connectivity index (χ0v) is 14.1. The molecular formula is C15H13ClN2O5S. The van der Waals surface area contributed by atoms with Crippen molar-refractivity contribution in [3.63, 3.8) is 0 Å². The number of halogens is 1. The van der Waals surface area contributed by atoms with Gasteiger partial charge in [-0.3, -0.25) is 10.1 Å². The summed E-state index contributed by atoms with van der Waals surface area (Å²) < 4.78 is 26.4. The van der Waals surface area contributed by atoms with Crippen molar-refractivity contribution in [1.29, 1.82) is 0 Å². The number of rotatable bonds is 3. The summed E-state index contributed by atoms with van der Waals surface area (Å²) in [5.74, 6) is 0. The lowest BCUT2D eigenvalue weighted by Crippen LogP contribution is -2.44. The molecule has 0 aliphatic carbocycles. The summed E-state index contributed by atoms with van der Waals surface area (Å²) >= 11 is 5.98. The maximum absolute atomic E-state index is 12.7. The van der Waals surface area contributed by atoms with E-state index in [0.29, 0.717) is 0 Å². The van der Waals surface area contributed by atoms with Gasteiger partial charge in [0.05, 0.1) is 9.82 Å². The summed E-state index contributed by atoms with van der Waals surface area (Å²) in [4.78, 5) is 10.2. The second-order valence-electron chi connectivity index (χ2n) is 5.29. The van der Waals surface area contributed by atoms with Crippen LogP contribution in [0.3, 0.4) is 0 Å². The Morgan fingerprint density at radius 3 is 2.42 bits per heavy atom. The predicted octanol–water partition coefficient (Wildman–Crippen LogP) is 2.47. The molecule has 1 atom stereocenters. The number of hydrogen-bond donors (Lipinski definition) is 1. The highest BCUT2D eigenvalue weighted by Crippen LogP contribution is 2.47. The minimum absolute atomic E-state index is 0.0160. The molecule has 0 saturated carbocycles. The topological polar surface area (TPSA) is 101 Å². The Bertz CT molecular complexity index is 929. The van der Waals surface area contributed by atoms with Crippen LogP contribution in [-0.4, -0.2) is 29.3 Å². The van der Waals surface area contributed by atoms with Crippen LogP contribution in [-0.2, 0) is 15.7 Å². The summed E-state index contributed by atoms with van der Waals surface area (Å²) in [5, 5.41) is 22.4. The largest absolute Gasteiger partial charge is 0.367 e. The Hall–Kier alpha value is -2.00. The molecule has 7 nitrogen and oxygen atoms in total. The molecule has 1 unspecified atom stereocenters. The second kappa shape index (κ2) is 5.52. The van der Waals surface area contributed by atoms with Crippen LogP contribution in [0.5, 0.6) is 0 Å². The standard InChI is InChI=1S/C15H13ClN2O5S/c1-2-17-15(19,10-3-6-12(7-4-10)18(20)21)13-9-11(16)5-8-14(13)24(17,22)23/h3-9,19H,2H2,1H3. The van der Waals surface area contributed by atoms with Crippen molar-refractivity contribution in [2.45, 2.75) is 17.5 Å². The van der Waals surface area contributed by atoms with Crippen molar-refractivity contribution < 1.29 is 18.4 Å². The highest BCUT2D eigenvalue weighted by molar-refractivity contribution is 7.89. The quantitative estimate of drug-likeness (QED) is 0.662. The van der Waals surface area contributed by atoms with Crippen molar-refractivity contribution in [1.82, 2.24) is 4.31 Å². The Kier molecular flexibility index (Phi) is 3.88. The summed E-state index contributed by atoms with van der Waals surface area (Å²) in [6.07, 6.45) is 0. The first-order valence-corrected chi connectivity index (χ1v) is 8.85. The number of sulfonamides is 1. The normalized spacial score (nSPS) is 22.3. The summed E-state index contributed by atoms with van der Waals surface area (Å²) in [7, 11) is -3.90. The third-order valence-electron chi connectivity index (χ3n) is 4.01. The average molecular weight is 369 g/mol. The van der Waals surface area contributed by atoms with Crippen LogP contribution >= 0.6 is 11.6 Å². The molecule has 0 aromatic heterocycles. The van der Waals surface area contributed by atoms with Crippen LogP contribution in [0.1, 0.15) is 18.1 Å². The van der Waals surface area contributed by atoms with E-state index < -0.39 is 20.7 Å². The first-order chi connectivity index (χ1) is 11.2. The van der Waals surface area contributed by atoms with E-state index >= 15 is 0 Å². The lowest BCUT2D eigenvalue weighted by molar-refractivity contribution is -0.384. The molecule has 0 fully saturated rings. The number of non-ortho nitro benzene ring substituents is 1. The van der Waals surface area contributed by atoms with Crippen LogP contribution < -0.4 is 0 Å². The lowest BCUT2D eigenvalue weighted by Gasteiger charge is -2.32. The number of nitrogens with zero attached hydrogens (tertiary/aromatic N) is 2. The van der Waals surface area contributed by atoms with Crippen molar-refractivity contribution >= 4 is 27.3 Å². The molecule has 0 spiro atoms. The summed E-state index contributed by atoms with van der Waals surface area (Å²) in [6, 6.07) is 9.29. The molecule has 0 bridgehead atoms. The van der Waals surface area contributed by atoms with Gasteiger partial charge < -0.3 is 5.11 Å². The monoisotopic (exact) mass is 368 g/mol. The van der Waals surface area contributed by atoms with Crippen molar-refractivity contribution in [2.24, 2.45) is 0 Å². The highest BCUT2D eigenvalue weighted by atomic mass is 35.5. The van der Waals surface area contributed by atoms with Crippen molar-refractivity contribution in [2.75, 3.05) is 6.54 Å². The van der Waals surface area contributed by atoms with Crippen LogP contribution in [0.2, 0.25) is 5.02 Å². The Morgan fingerprint density at radius 1 is 1.25 bits per heavy atom. The van der Waals surface area contributed by atoms with Gasteiger partial charge in [0.15, 0.2) is 5.72 Å². The first-order valence-electron chi connectivity index (χ1n) is 7.03. The zero-order valence-electron chi connectivity index (χ0n) is 12.5. The SMILES string of the molecule is CCN1C(O)(c2ccc([N+](=O)[O-])cc2)c2cc(Cl)ccc2S1(=O)=O. The maximum atomic E-state index is 12.7. The van der Waals surface area contributed by atoms with Crippen LogP contribution in [0, 0.1) is 10.1 Å². The number of aliphatic hydroxyl groups is 1. The molecule has 2 aromatic carbocycles. The Morgan fingerprint density at radius 2 is 1.88 bits per heavy atom. The molecule has 1 aliphatic heterocycles. The molecule has 126 valence electrons. The van der Waals surface area contributed by atoms with Crippen LogP contribution in [0.15, 0.2) is 47.4 Å². The van der Waals surface area contributed by atoms with E-state index in [1.54, 1.807) is 6.92 Å². The fraction of sp³-hybridized carbons (Fsp3) is 0.200. The molecule has 9 heteroatoms. The fourth-order valence-electron chi connectivity index (χ4n) is 2.94. The molecule has 0 saturated heterocycles. The van der Waals surface area contributed by atoms with Gasteiger partial charge in [0.1, 0.15) is 0 Å². The predicted molar refractivity (Wildman–Crippen MR) is 87.1 cm³/mol. The van der Waals surface area contributed by atoms with Crippen LogP contribution in [0.25, 0.3) is 0 Å². The zero-order chi connectivity index (χ0) is 17.7. The van der Waals surface area contributed by atoms with Gasteiger partial charge in [-0.25, -0.2) is 8.42 Å². The summed E-state index contributed by atoms with van der Waals surface area (Å²) in [5.41, 5.74) is -1.79. The van der Waals surface area contributed by atoms with Crippen molar-refractivity contribution in [3.8, 4) is 0 Å². The molecule has 1 N–H and O–H groups in total. The minimum atomic E-state index is -3.90. The van der Waals surface area contributed by atoms with E-state index in [-0.39, 0.29) is 33.3 Å². The second-order valence-corrected chi connectivity index (χ2v) is 7.55. The average Bonchev–Trinajstić information content (AvgIpc) is 2.71. The highest BCUT2D eigenvalue weighted by Gasteiger charge is 2.53. The Labute approximate surface area is 143 Å². The van der Waals surface area contributed by atoms with Crippen LogP contribution in [0.4, 0.5) is 5.69 Å². The number of nitro groups is 1. The van der Waals surface area contributed by atoms with Gasteiger partial charge in [0, 0.05) is 34.8 Å². The van der Waals surface area contributed by atoms with E-state index in [4.69, 9.17) is 11.6 Å². The first kappa shape index (κ1) is 16.8. The number of nitro benzene ring substituents is 1. The van der Waals surface area contributed by atoms with E-state index in [9.17, 15) is 23.6 Å². The Balaban J connectivity index is 2.28. The van der Waals surface area contributed by atoms with Gasteiger partial charge in [-0.15, -0.1) is 0 Å². The molecule has 3 rings (SSSR count). The number of benzene rings is 2. The number of hydrogen-bond acceptors (Lipinski definition) is 5. The molecule has 24 heavy (non-hydrogen) atoms. The van der Waals surface area contributed by atoms with Gasteiger partial charge in [0.2, 0.25) is 10.0 Å². The smallest absolute Gasteiger partial charge is 0.269 e. The van der Waals surface area contributed by atoms with Gasteiger partial charge in [0.25, 0.3) is 5.69 Å². The third kappa shape index (κ3) is 2.22. The molecule has 0 amide bonds. The number of fused-ring (bicyclic) bond motifs is 1. The van der Waals surface area contributed by atoms with E-state index in [2.05, 4.69) is 0 Å². The van der Waals surface area contributed by atoms with E-state index in [0.717, 1.165) is 4.31 Å². The van der Waals surface area contributed by atoms with Gasteiger partial charge in [-0.1, -0.05) is 18.5 Å².